The van der Waals surface area contributed by atoms with E-state index in [9.17, 15) is 4.79 Å². The average Bonchev–Trinajstić information content (AvgIpc) is 3.02. The highest BCUT2D eigenvalue weighted by molar-refractivity contribution is 5.78. The van der Waals surface area contributed by atoms with Crippen LogP contribution in [0.1, 0.15) is 36.0 Å². The summed E-state index contributed by atoms with van der Waals surface area (Å²) in [5, 5.41) is 6.53. The molecule has 0 radical (unpaired) electrons. The van der Waals surface area contributed by atoms with Crippen LogP contribution in [-0.4, -0.2) is 39.3 Å². The summed E-state index contributed by atoms with van der Waals surface area (Å²) in [6.07, 6.45) is 6.19. The molecule has 1 heterocycles. The van der Waals surface area contributed by atoms with Crippen molar-refractivity contribution in [2.75, 3.05) is 33.4 Å². The van der Waals surface area contributed by atoms with Gasteiger partial charge in [0.2, 0.25) is 5.91 Å². The van der Waals surface area contributed by atoms with Crippen molar-refractivity contribution in [2.45, 2.75) is 38.5 Å². The molecule has 1 aliphatic carbocycles. The number of methoxy groups -OCH3 is 1. The third-order valence-electron chi connectivity index (χ3n) is 5.30. The summed E-state index contributed by atoms with van der Waals surface area (Å²) in [5.41, 5.74) is 4.12. The monoisotopic (exact) mass is 316 g/mol. The minimum absolute atomic E-state index is 0.0909. The maximum absolute atomic E-state index is 12.3. The molecule has 1 saturated heterocycles. The Labute approximate surface area is 139 Å². The Morgan fingerprint density at radius 3 is 2.83 bits per heavy atom. The molecular weight excluding hydrogens is 288 g/mol. The van der Waals surface area contributed by atoms with Crippen molar-refractivity contribution < 1.29 is 9.53 Å². The number of amides is 1. The SMILES string of the molecule is COCC1(CNC(=O)Cc2ccc3c(c2)CCC3)CCNCC1. The van der Waals surface area contributed by atoms with Crippen molar-refractivity contribution in [2.24, 2.45) is 5.41 Å². The van der Waals surface area contributed by atoms with Gasteiger partial charge in [-0.25, -0.2) is 0 Å². The van der Waals surface area contributed by atoms with E-state index in [0.29, 0.717) is 19.6 Å². The number of benzene rings is 1. The third kappa shape index (κ3) is 4.12. The van der Waals surface area contributed by atoms with Crippen LogP contribution >= 0.6 is 0 Å². The molecule has 1 amide bonds. The van der Waals surface area contributed by atoms with Crippen molar-refractivity contribution >= 4 is 5.91 Å². The predicted octanol–water partition coefficient (Wildman–Crippen LogP) is 1.85. The normalized spacial score (nSPS) is 19.3. The lowest BCUT2D eigenvalue weighted by molar-refractivity contribution is -0.121. The van der Waals surface area contributed by atoms with Crippen molar-refractivity contribution in [3.8, 4) is 0 Å². The molecule has 2 aliphatic rings. The maximum Gasteiger partial charge on any atom is 0.224 e. The molecular formula is C19H28N2O2. The van der Waals surface area contributed by atoms with Gasteiger partial charge in [0.15, 0.2) is 0 Å². The summed E-state index contributed by atoms with van der Waals surface area (Å²) in [4.78, 5) is 12.3. The molecule has 4 heteroatoms. The minimum atomic E-state index is 0.0909. The molecule has 1 aliphatic heterocycles. The van der Waals surface area contributed by atoms with Gasteiger partial charge in [-0.3, -0.25) is 4.79 Å². The topological polar surface area (TPSA) is 50.4 Å². The van der Waals surface area contributed by atoms with Crippen molar-refractivity contribution in [1.29, 1.82) is 0 Å². The fraction of sp³-hybridized carbons (Fsp3) is 0.632. The van der Waals surface area contributed by atoms with Crippen LogP contribution in [0, 0.1) is 5.41 Å². The van der Waals surface area contributed by atoms with E-state index in [1.165, 1.54) is 24.0 Å². The first-order valence-electron chi connectivity index (χ1n) is 8.78. The molecule has 3 rings (SSSR count). The predicted molar refractivity (Wildman–Crippen MR) is 91.6 cm³/mol. The quantitative estimate of drug-likeness (QED) is 0.842. The number of carbonyl (C=O) groups excluding carboxylic acids is 1. The van der Waals surface area contributed by atoms with Crippen LogP contribution < -0.4 is 10.6 Å². The highest BCUT2D eigenvalue weighted by Gasteiger charge is 2.32. The van der Waals surface area contributed by atoms with Gasteiger partial charge < -0.3 is 15.4 Å². The molecule has 1 aromatic carbocycles. The largest absolute Gasteiger partial charge is 0.384 e. The van der Waals surface area contributed by atoms with E-state index in [1.54, 1.807) is 7.11 Å². The van der Waals surface area contributed by atoms with Crippen LogP contribution in [0.25, 0.3) is 0 Å². The van der Waals surface area contributed by atoms with Crippen molar-refractivity contribution in [3.05, 3.63) is 34.9 Å². The third-order valence-corrected chi connectivity index (χ3v) is 5.30. The fourth-order valence-electron chi connectivity index (χ4n) is 3.90. The Kier molecular flexibility index (Phi) is 5.34. The van der Waals surface area contributed by atoms with Gasteiger partial charge in [-0.15, -0.1) is 0 Å². The zero-order valence-electron chi connectivity index (χ0n) is 14.1. The van der Waals surface area contributed by atoms with E-state index in [0.717, 1.165) is 37.9 Å². The summed E-state index contributed by atoms with van der Waals surface area (Å²) < 4.78 is 5.41. The van der Waals surface area contributed by atoms with E-state index in [2.05, 4.69) is 28.8 Å². The van der Waals surface area contributed by atoms with E-state index in [-0.39, 0.29) is 11.3 Å². The minimum Gasteiger partial charge on any atom is -0.384 e. The Bertz CT molecular complexity index is 545. The number of carbonyl (C=O) groups is 1. The van der Waals surface area contributed by atoms with Crippen LogP contribution in [0.5, 0.6) is 0 Å². The molecule has 0 saturated carbocycles. The van der Waals surface area contributed by atoms with Gasteiger partial charge in [-0.1, -0.05) is 18.2 Å². The van der Waals surface area contributed by atoms with Gasteiger partial charge >= 0.3 is 0 Å². The van der Waals surface area contributed by atoms with Crippen molar-refractivity contribution in [1.82, 2.24) is 10.6 Å². The first-order valence-corrected chi connectivity index (χ1v) is 8.78. The molecule has 1 aromatic rings. The van der Waals surface area contributed by atoms with Gasteiger partial charge in [0.05, 0.1) is 13.0 Å². The molecule has 2 N–H and O–H groups in total. The summed E-state index contributed by atoms with van der Waals surface area (Å²) in [6.45, 7) is 3.44. The lowest BCUT2D eigenvalue weighted by Gasteiger charge is -2.37. The zero-order valence-corrected chi connectivity index (χ0v) is 14.1. The summed E-state index contributed by atoms with van der Waals surface area (Å²) >= 11 is 0. The molecule has 0 spiro atoms. The van der Waals surface area contributed by atoms with Crippen LogP contribution in [0.3, 0.4) is 0 Å². The maximum atomic E-state index is 12.3. The second-order valence-corrected chi connectivity index (χ2v) is 7.09. The van der Waals surface area contributed by atoms with Gasteiger partial charge in [0.1, 0.15) is 0 Å². The Morgan fingerprint density at radius 2 is 2.04 bits per heavy atom. The average molecular weight is 316 g/mol. The van der Waals surface area contributed by atoms with E-state index in [1.807, 2.05) is 0 Å². The van der Waals surface area contributed by atoms with Crippen LogP contribution in [-0.2, 0) is 28.8 Å². The highest BCUT2D eigenvalue weighted by atomic mass is 16.5. The van der Waals surface area contributed by atoms with Gasteiger partial charge in [-0.05, 0) is 61.9 Å². The molecule has 1 fully saturated rings. The number of piperidine rings is 1. The number of hydrogen-bond donors (Lipinski definition) is 2. The van der Waals surface area contributed by atoms with Crippen LogP contribution in [0.15, 0.2) is 18.2 Å². The molecule has 0 unspecified atom stereocenters. The van der Waals surface area contributed by atoms with Crippen LogP contribution in [0.2, 0.25) is 0 Å². The first kappa shape index (κ1) is 16.5. The fourth-order valence-corrected chi connectivity index (χ4v) is 3.90. The summed E-state index contributed by atoms with van der Waals surface area (Å²) in [7, 11) is 1.75. The molecule has 0 atom stereocenters. The number of rotatable bonds is 6. The first-order chi connectivity index (χ1) is 11.2. The second kappa shape index (κ2) is 7.45. The summed E-state index contributed by atoms with van der Waals surface area (Å²) in [5.74, 6) is 0.122. The second-order valence-electron chi connectivity index (χ2n) is 7.09. The molecule has 0 bridgehead atoms. The van der Waals surface area contributed by atoms with E-state index >= 15 is 0 Å². The Hall–Kier alpha value is -1.39. The Morgan fingerprint density at radius 1 is 1.26 bits per heavy atom. The smallest absolute Gasteiger partial charge is 0.224 e. The lowest BCUT2D eigenvalue weighted by Crippen LogP contribution is -2.47. The number of nitrogens with one attached hydrogen (secondary N) is 2. The van der Waals surface area contributed by atoms with Gasteiger partial charge in [0, 0.05) is 19.1 Å². The number of fused-ring (bicyclic) bond motifs is 1. The highest BCUT2D eigenvalue weighted by Crippen LogP contribution is 2.28. The van der Waals surface area contributed by atoms with Crippen molar-refractivity contribution in [3.63, 3.8) is 0 Å². The van der Waals surface area contributed by atoms with E-state index < -0.39 is 0 Å². The van der Waals surface area contributed by atoms with Gasteiger partial charge in [-0.2, -0.15) is 0 Å². The molecule has 4 nitrogen and oxygen atoms in total. The van der Waals surface area contributed by atoms with E-state index in [4.69, 9.17) is 4.74 Å². The van der Waals surface area contributed by atoms with Crippen LogP contribution in [0.4, 0.5) is 0 Å². The molecule has 0 aromatic heterocycles. The number of ether oxygens (including phenoxy) is 1. The number of hydrogen-bond acceptors (Lipinski definition) is 3. The Balaban J connectivity index is 1.54. The number of aryl methyl sites for hydroxylation is 2. The molecule has 23 heavy (non-hydrogen) atoms. The zero-order chi connectivity index (χ0) is 16.1. The van der Waals surface area contributed by atoms with Gasteiger partial charge in [0.25, 0.3) is 0 Å². The standard InChI is InChI=1S/C19H28N2O2/c1-23-14-19(7-9-20-10-8-19)13-21-18(22)12-15-5-6-16-3-2-4-17(16)11-15/h5-6,11,20H,2-4,7-10,12-14H2,1H3,(H,21,22). The summed E-state index contributed by atoms with van der Waals surface area (Å²) in [6, 6.07) is 6.53. The molecule has 126 valence electrons. The lowest BCUT2D eigenvalue weighted by atomic mass is 9.79.